The average Bonchev–Trinajstić information content (AvgIpc) is 2.88. The van der Waals surface area contributed by atoms with Gasteiger partial charge < -0.3 is 4.74 Å². The van der Waals surface area contributed by atoms with Gasteiger partial charge in [0.2, 0.25) is 0 Å². The number of aryl methyl sites for hydroxylation is 1. The molecule has 0 bridgehead atoms. The Hall–Kier alpha value is -3.94. The van der Waals surface area contributed by atoms with E-state index in [2.05, 4.69) is 27.3 Å². The van der Waals surface area contributed by atoms with E-state index < -0.39 is 17.8 Å². The number of urea groups is 1. The van der Waals surface area contributed by atoms with Crippen molar-refractivity contribution in [2.75, 3.05) is 4.90 Å². The summed E-state index contributed by atoms with van der Waals surface area (Å²) >= 11 is 9.58. The van der Waals surface area contributed by atoms with Gasteiger partial charge in [0.15, 0.2) is 0 Å². The molecule has 8 heteroatoms. The Bertz CT molecular complexity index is 1600. The number of anilines is 1. The van der Waals surface area contributed by atoms with Gasteiger partial charge in [-0.05, 0) is 71.8 Å². The normalized spacial score (nSPS) is 14.8. The van der Waals surface area contributed by atoms with E-state index in [1.54, 1.807) is 42.5 Å². The summed E-state index contributed by atoms with van der Waals surface area (Å²) in [6, 6.07) is 23.0. The van der Waals surface area contributed by atoms with E-state index in [0.29, 0.717) is 22.0 Å². The van der Waals surface area contributed by atoms with Crippen molar-refractivity contribution in [3.05, 3.63) is 111 Å². The van der Waals surface area contributed by atoms with E-state index in [0.717, 1.165) is 31.3 Å². The SMILES string of the molecule is Cc1ccc2ccccc2c1COc1ccc(Cl)cc1/C=C1\C(=O)NC(=O)N(c2ccc(Br)cc2)C1=O. The minimum Gasteiger partial charge on any atom is -0.488 e. The number of benzene rings is 4. The van der Waals surface area contributed by atoms with Gasteiger partial charge in [-0.3, -0.25) is 14.9 Å². The highest BCUT2D eigenvalue weighted by Crippen LogP contribution is 2.30. The van der Waals surface area contributed by atoms with E-state index in [9.17, 15) is 14.4 Å². The number of hydrogen-bond donors (Lipinski definition) is 1. The number of halogens is 2. The van der Waals surface area contributed by atoms with Gasteiger partial charge in [-0.15, -0.1) is 0 Å². The van der Waals surface area contributed by atoms with Crippen molar-refractivity contribution in [3.63, 3.8) is 0 Å². The number of amides is 4. The van der Waals surface area contributed by atoms with Gasteiger partial charge in [0.1, 0.15) is 17.9 Å². The highest BCUT2D eigenvalue weighted by atomic mass is 79.9. The van der Waals surface area contributed by atoms with Crippen LogP contribution in [-0.4, -0.2) is 17.8 Å². The van der Waals surface area contributed by atoms with Gasteiger partial charge in [-0.25, -0.2) is 9.69 Å². The standard InChI is InChI=1S/C29H20BrClN2O4/c1-17-6-7-18-4-2-3-5-23(18)25(17)16-37-26-13-10-21(31)14-19(26)15-24-27(34)32-29(36)33(28(24)35)22-11-8-20(30)9-12-22/h2-15H,16H2,1H3,(H,32,34,36)/b24-15+. The van der Waals surface area contributed by atoms with E-state index in [4.69, 9.17) is 16.3 Å². The zero-order valence-electron chi connectivity index (χ0n) is 19.6. The van der Waals surface area contributed by atoms with E-state index in [-0.39, 0.29) is 12.2 Å². The molecule has 37 heavy (non-hydrogen) atoms. The molecule has 0 aromatic heterocycles. The molecule has 1 fully saturated rings. The van der Waals surface area contributed by atoms with E-state index in [1.165, 1.54) is 6.08 Å². The third-order valence-corrected chi connectivity index (χ3v) is 6.87. The lowest BCUT2D eigenvalue weighted by Gasteiger charge is -2.26. The first-order valence-electron chi connectivity index (χ1n) is 11.4. The summed E-state index contributed by atoms with van der Waals surface area (Å²) in [6.07, 6.45) is 1.40. The first kappa shape index (κ1) is 24.7. The largest absolute Gasteiger partial charge is 0.488 e. The molecule has 6 nitrogen and oxygen atoms in total. The summed E-state index contributed by atoms with van der Waals surface area (Å²) in [5, 5.41) is 4.83. The average molecular weight is 576 g/mol. The van der Waals surface area contributed by atoms with E-state index in [1.807, 2.05) is 37.3 Å². The lowest BCUT2D eigenvalue weighted by molar-refractivity contribution is -0.122. The molecule has 4 aromatic rings. The monoisotopic (exact) mass is 574 g/mol. The number of ether oxygens (including phenoxy) is 1. The first-order chi connectivity index (χ1) is 17.8. The van der Waals surface area contributed by atoms with Gasteiger partial charge in [0, 0.05) is 20.6 Å². The van der Waals surface area contributed by atoms with Crippen molar-refractivity contribution in [3.8, 4) is 5.75 Å². The van der Waals surface area contributed by atoms with Gasteiger partial charge >= 0.3 is 6.03 Å². The van der Waals surface area contributed by atoms with Gasteiger partial charge in [-0.1, -0.05) is 63.9 Å². The van der Waals surface area contributed by atoms with Crippen LogP contribution >= 0.6 is 27.5 Å². The summed E-state index contributed by atoms with van der Waals surface area (Å²) < 4.78 is 6.98. The molecule has 184 valence electrons. The zero-order valence-corrected chi connectivity index (χ0v) is 22.0. The topological polar surface area (TPSA) is 75.7 Å². The van der Waals surface area contributed by atoms with Gasteiger partial charge in [-0.2, -0.15) is 0 Å². The van der Waals surface area contributed by atoms with Crippen molar-refractivity contribution >= 4 is 67.9 Å². The summed E-state index contributed by atoms with van der Waals surface area (Å²) in [5.74, 6) is -1.09. The number of carbonyl (C=O) groups excluding carboxylic acids is 3. The third kappa shape index (κ3) is 5.01. The lowest BCUT2D eigenvalue weighted by atomic mass is 10.0. The van der Waals surface area contributed by atoms with Crippen molar-refractivity contribution in [1.29, 1.82) is 0 Å². The number of nitrogens with one attached hydrogen (secondary N) is 1. The second-order valence-corrected chi connectivity index (χ2v) is 9.84. The molecule has 4 aromatic carbocycles. The maximum atomic E-state index is 13.3. The summed E-state index contributed by atoms with van der Waals surface area (Å²) in [7, 11) is 0. The fraction of sp³-hybridized carbons (Fsp3) is 0.0690. The maximum absolute atomic E-state index is 13.3. The number of hydrogen-bond acceptors (Lipinski definition) is 4. The number of barbiturate groups is 1. The Balaban J connectivity index is 1.49. The second-order valence-electron chi connectivity index (χ2n) is 8.49. The van der Waals surface area contributed by atoms with Crippen LogP contribution in [-0.2, 0) is 16.2 Å². The minimum atomic E-state index is -0.816. The fourth-order valence-corrected chi connectivity index (χ4v) is 4.63. The molecule has 1 N–H and O–H groups in total. The molecular weight excluding hydrogens is 556 g/mol. The number of carbonyl (C=O) groups is 3. The molecule has 0 atom stereocenters. The molecule has 0 unspecified atom stereocenters. The van der Waals surface area contributed by atoms with Crippen LogP contribution in [0.4, 0.5) is 10.5 Å². The molecule has 1 saturated heterocycles. The molecule has 1 aliphatic rings. The number of fused-ring (bicyclic) bond motifs is 1. The Morgan fingerprint density at radius 3 is 2.51 bits per heavy atom. The van der Waals surface area contributed by atoms with Crippen molar-refractivity contribution in [1.82, 2.24) is 5.32 Å². The Kier molecular flexibility index (Phi) is 6.82. The molecule has 4 amide bonds. The van der Waals surface area contributed by atoms with Crippen LogP contribution in [0.2, 0.25) is 5.02 Å². The Morgan fingerprint density at radius 2 is 1.73 bits per heavy atom. The maximum Gasteiger partial charge on any atom is 0.335 e. The zero-order chi connectivity index (χ0) is 26.1. The third-order valence-electron chi connectivity index (χ3n) is 6.10. The van der Waals surface area contributed by atoms with Gasteiger partial charge in [0.25, 0.3) is 11.8 Å². The van der Waals surface area contributed by atoms with Crippen molar-refractivity contribution in [2.45, 2.75) is 13.5 Å². The quantitative estimate of drug-likeness (QED) is 0.210. The minimum absolute atomic E-state index is 0.212. The molecule has 1 aliphatic heterocycles. The van der Waals surface area contributed by atoms with Crippen LogP contribution in [0.25, 0.3) is 16.8 Å². The summed E-state index contributed by atoms with van der Waals surface area (Å²) in [6.45, 7) is 2.29. The highest BCUT2D eigenvalue weighted by molar-refractivity contribution is 9.10. The Labute approximate surface area is 226 Å². The predicted molar refractivity (Wildman–Crippen MR) is 148 cm³/mol. The van der Waals surface area contributed by atoms with Crippen LogP contribution < -0.4 is 15.0 Å². The number of imide groups is 2. The smallest absolute Gasteiger partial charge is 0.335 e. The Morgan fingerprint density at radius 1 is 0.973 bits per heavy atom. The van der Waals surface area contributed by atoms with Crippen LogP contribution in [0.1, 0.15) is 16.7 Å². The van der Waals surface area contributed by atoms with E-state index >= 15 is 0 Å². The molecule has 0 aliphatic carbocycles. The molecule has 0 spiro atoms. The fourth-order valence-electron chi connectivity index (χ4n) is 4.19. The highest BCUT2D eigenvalue weighted by Gasteiger charge is 2.37. The predicted octanol–water partition coefficient (Wildman–Crippen LogP) is 6.81. The molecular formula is C29H20BrClN2O4. The number of rotatable bonds is 5. The van der Waals surface area contributed by atoms with Crippen LogP contribution in [0, 0.1) is 6.92 Å². The summed E-state index contributed by atoms with van der Waals surface area (Å²) in [4.78, 5) is 39.4. The van der Waals surface area contributed by atoms with Crippen LogP contribution in [0.15, 0.2) is 88.9 Å². The van der Waals surface area contributed by atoms with Crippen molar-refractivity contribution in [2.24, 2.45) is 0 Å². The lowest BCUT2D eigenvalue weighted by Crippen LogP contribution is -2.54. The molecule has 0 radical (unpaired) electrons. The molecule has 1 heterocycles. The van der Waals surface area contributed by atoms with Crippen molar-refractivity contribution < 1.29 is 19.1 Å². The second kappa shape index (κ2) is 10.2. The van der Waals surface area contributed by atoms with Crippen LogP contribution in [0.3, 0.4) is 0 Å². The molecule has 5 rings (SSSR count). The van der Waals surface area contributed by atoms with Crippen LogP contribution in [0.5, 0.6) is 5.75 Å². The first-order valence-corrected chi connectivity index (χ1v) is 12.6. The molecule has 0 saturated carbocycles. The van der Waals surface area contributed by atoms with Gasteiger partial charge in [0.05, 0.1) is 5.69 Å². The summed E-state index contributed by atoms with van der Waals surface area (Å²) in [5.41, 5.74) is 2.67. The number of nitrogens with zero attached hydrogens (tertiary/aromatic N) is 1.